The summed E-state index contributed by atoms with van der Waals surface area (Å²) in [7, 11) is 0. The number of benzene rings is 3. The topological polar surface area (TPSA) is 55.2 Å². The second-order valence-electron chi connectivity index (χ2n) is 8.25. The Balaban J connectivity index is 1.56. The van der Waals surface area contributed by atoms with E-state index in [9.17, 15) is 14.5 Å². The van der Waals surface area contributed by atoms with Gasteiger partial charge in [-0.05, 0) is 47.7 Å². The van der Waals surface area contributed by atoms with Crippen LogP contribution in [0.1, 0.15) is 29.5 Å². The molecule has 1 N–H and O–H groups in total. The summed E-state index contributed by atoms with van der Waals surface area (Å²) in [5.74, 6) is -0.268. The van der Waals surface area contributed by atoms with E-state index in [1.54, 1.807) is 36.4 Å². The molecule has 3 aromatic rings. The van der Waals surface area contributed by atoms with Gasteiger partial charge in [0.1, 0.15) is 5.82 Å². The Kier molecular flexibility index (Phi) is 6.21. The van der Waals surface area contributed by atoms with E-state index < -0.39 is 0 Å². The van der Waals surface area contributed by atoms with E-state index in [0.717, 1.165) is 23.2 Å². The number of alkyl halides is 1. The van der Waals surface area contributed by atoms with Crippen LogP contribution in [-0.4, -0.2) is 15.6 Å². The normalized spacial score (nSPS) is 25.8. The van der Waals surface area contributed by atoms with E-state index >= 15 is 0 Å². The Morgan fingerprint density at radius 3 is 2.52 bits per heavy atom. The van der Waals surface area contributed by atoms with E-state index in [2.05, 4.69) is 5.32 Å². The first kappa shape index (κ1) is 22.8. The van der Waals surface area contributed by atoms with Gasteiger partial charge in [-0.3, -0.25) is 10.1 Å². The van der Waals surface area contributed by atoms with Gasteiger partial charge in [0.15, 0.2) is 0 Å². The Morgan fingerprint density at radius 1 is 1.06 bits per heavy atom. The van der Waals surface area contributed by atoms with Crippen molar-refractivity contribution in [1.29, 1.82) is 0 Å². The summed E-state index contributed by atoms with van der Waals surface area (Å²) in [6.07, 6.45) is 0.726. The fourth-order valence-electron chi connectivity index (χ4n) is 4.99. The minimum atomic E-state index is -0.368. The highest BCUT2D eigenvalue weighted by atomic mass is 35.5. The molecule has 0 aromatic heterocycles. The van der Waals surface area contributed by atoms with Gasteiger partial charge in [-0.25, -0.2) is 4.39 Å². The monoisotopic (exact) mass is 522 g/mol. The number of nitro benzene ring substituents is 1. The Morgan fingerprint density at radius 2 is 1.79 bits per heavy atom. The van der Waals surface area contributed by atoms with Gasteiger partial charge in [0.2, 0.25) is 0 Å². The van der Waals surface area contributed by atoms with Crippen molar-refractivity contribution in [3.05, 3.63) is 97.8 Å². The van der Waals surface area contributed by atoms with Crippen LogP contribution in [0.15, 0.2) is 65.6 Å². The summed E-state index contributed by atoms with van der Waals surface area (Å²) in [5, 5.41) is 15.6. The third-order valence-corrected chi connectivity index (χ3v) is 9.36. The predicted octanol–water partition coefficient (Wildman–Crippen LogP) is 8.08. The predicted molar refractivity (Wildman–Crippen MR) is 132 cm³/mol. The van der Waals surface area contributed by atoms with Gasteiger partial charge in [0.25, 0.3) is 5.69 Å². The molecule has 170 valence electrons. The molecule has 0 unspecified atom stereocenters. The molecule has 0 amide bonds. The van der Waals surface area contributed by atoms with Crippen LogP contribution in [0.4, 0.5) is 15.8 Å². The number of nitrogens with zero attached hydrogens (tertiary/aromatic N) is 1. The maximum Gasteiger partial charge on any atom is 0.282 e. The second-order valence-corrected chi connectivity index (χ2v) is 10.8. The standard InChI is InChI=1S/C24H18Cl3FN2O2S/c25-16-10-9-14-20-15(23(29-24(14)21(16)26)12-5-7-13(28)8-6-12)11-19(22(20)27)33-18-4-2-1-3-17(18)30(31)32/h1-10,15,19-20,22-23,29H,11H2/t15-,19+,20-,22+,23-/m0/s1. The zero-order valence-electron chi connectivity index (χ0n) is 17.1. The number of fused-ring (bicyclic) bond motifs is 3. The molecule has 0 bridgehead atoms. The van der Waals surface area contributed by atoms with E-state index in [1.165, 1.54) is 30.0 Å². The highest BCUT2D eigenvalue weighted by molar-refractivity contribution is 8.00. The van der Waals surface area contributed by atoms with Gasteiger partial charge in [-0.15, -0.1) is 23.4 Å². The molecule has 1 fully saturated rings. The summed E-state index contributed by atoms with van der Waals surface area (Å²) < 4.78 is 13.6. The van der Waals surface area contributed by atoms with Gasteiger partial charge >= 0.3 is 0 Å². The number of hydrogen-bond acceptors (Lipinski definition) is 4. The molecular formula is C24H18Cl3FN2O2S. The summed E-state index contributed by atoms with van der Waals surface area (Å²) in [6, 6.07) is 16.7. The molecule has 1 aliphatic heterocycles. The third-order valence-electron chi connectivity index (χ3n) is 6.45. The van der Waals surface area contributed by atoms with Crippen LogP contribution in [0.2, 0.25) is 10.0 Å². The summed E-state index contributed by atoms with van der Waals surface area (Å²) >= 11 is 21.4. The number of nitro groups is 1. The van der Waals surface area contributed by atoms with Gasteiger partial charge in [0.05, 0.1) is 37.0 Å². The first-order valence-electron chi connectivity index (χ1n) is 10.4. The van der Waals surface area contributed by atoms with Crippen LogP contribution >= 0.6 is 46.6 Å². The molecule has 0 spiro atoms. The molecule has 1 heterocycles. The molecule has 2 aliphatic rings. The molecular weight excluding hydrogens is 506 g/mol. The number of thioether (sulfide) groups is 1. The first-order valence-corrected chi connectivity index (χ1v) is 12.5. The molecule has 5 atom stereocenters. The maximum atomic E-state index is 13.6. The second kappa shape index (κ2) is 8.99. The van der Waals surface area contributed by atoms with Gasteiger partial charge < -0.3 is 5.32 Å². The number of halogens is 4. The smallest absolute Gasteiger partial charge is 0.282 e. The van der Waals surface area contributed by atoms with Crippen LogP contribution in [0.25, 0.3) is 0 Å². The molecule has 5 rings (SSSR count). The third kappa shape index (κ3) is 4.08. The van der Waals surface area contributed by atoms with Crippen molar-refractivity contribution in [3.63, 3.8) is 0 Å². The lowest BCUT2D eigenvalue weighted by atomic mass is 9.77. The SMILES string of the molecule is O=[N+]([O-])c1ccccc1S[C@@H]1C[C@H]2[C@H](c3ccc(Cl)c(Cl)c3N[C@H]2c2ccc(F)cc2)[C@@H]1Cl. The summed E-state index contributed by atoms with van der Waals surface area (Å²) in [6.45, 7) is 0. The molecule has 3 aromatic carbocycles. The molecule has 33 heavy (non-hydrogen) atoms. The summed E-state index contributed by atoms with van der Waals surface area (Å²) in [4.78, 5) is 11.7. The minimum absolute atomic E-state index is 0.0481. The van der Waals surface area contributed by atoms with Crippen molar-refractivity contribution in [2.24, 2.45) is 5.92 Å². The Bertz CT molecular complexity index is 1230. The minimum Gasteiger partial charge on any atom is -0.376 e. The highest BCUT2D eigenvalue weighted by Gasteiger charge is 2.50. The molecule has 1 saturated carbocycles. The molecule has 9 heteroatoms. The van der Waals surface area contributed by atoms with Crippen molar-refractivity contribution >= 4 is 57.9 Å². The lowest BCUT2D eigenvalue weighted by molar-refractivity contribution is -0.387. The zero-order chi connectivity index (χ0) is 23.3. The first-order chi connectivity index (χ1) is 15.8. The van der Waals surface area contributed by atoms with Gasteiger partial charge in [-0.1, -0.05) is 53.5 Å². The quantitative estimate of drug-likeness (QED) is 0.213. The van der Waals surface area contributed by atoms with Gasteiger partial charge in [-0.2, -0.15) is 0 Å². The molecule has 4 nitrogen and oxygen atoms in total. The van der Waals surface area contributed by atoms with Crippen LogP contribution in [0, 0.1) is 21.8 Å². The number of anilines is 1. The number of rotatable bonds is 4. The summed E-state index contributed by atoms with van der Waals surface area (Å²) in [5.41, 5.74) is 2.72. The maximum absolute atomic E-state index is 13.6. The van der Waals surface area contributed by atoms with Crippen LogP contribution in [0.5, 0.6) is 0 Å². The van der Waals surface area contributed by atoms with E-state index in [-0.39, 0.29) is 44.9 Å². The fraction of sp³-hybridized carbons (Fsp3) is 0.250. The van der Waals surface area contributed by atoms with Crippen molar-refractivity contribution in [1.82, 2.24) is 0 Å². The van der Waals surface area contributed by atoms with E-state index in [4.69, 9.17) is 34.8 Å². The molecule has 1 aliphatic carbocycles. The largest absolute Gasteiger partial charge is 0.376 e. The van der Waals surface area contributed by atoms with Crippen molar-refractivity contribution < 1.29 is 9.31 Å². The lowest BCUT2D eigenvalue weighted by Gasteiger charge is -2.39. The van der Waals surface area contributed by atoms with Crippen LogP contribution in [-0.2, 0) is 0 Å². The number of para-hydroxylation sites is 1. The zero-order valence-corrected chi connectivity index (χ0v) is 20.1. The fourth-order valence-corrected chi connectivity index (χ4v) is 7.32. The molecule has 0 saturated heterocycles. The molecule has 0 radical (unpaired) electrons. The average Bonchev–Trinajstić information content (AvgIpc) is 3.13. The van der Waals surface area contributed by atoms with Crippen molar-refractivity contribution in [2.45, 2.75) is 33.9 Å². The van der Waals surface area contributed by atoms with E-state index in [0.29, 0.717) is 14.9 Å². The number of hydrogen-bond donors (Lipinski definition) is 1. The van der Waals surface area contributed by atoms with Crippen molar-refractivity contribution in [3.8, 4) is 0 Å². The number of nitrogens with one attached hydrogen (secondary N) is 1. The average molecular weight is 524 g/mol. The lowest BCUT2D eigenvalue weighted by Crippen LogP contribution is -2.31. The highest BCUT2D eigenvalue weighted by Crippen LogP contribution is 2.59. The Labute approximate surface area is 209 Å². The van der Waals surface area contributed by atoms with Crippen molar-refractivity contribution in [2.75, 3.05) is 5.32 Å². The van der Waals surface area contributed by atoms with Crippen LogP contribution < -0.4 is 5.32 Å². The Hall–Kier alpha value is -1.99. The van der Waals surface area contributed by atoms with Crippen LogP contribution in [0.3, 0.4) is 0 Å². The van der Waals surface area contributed by atoms with Gasteiger partial charge in [0, 0.05) is 17.2 Å². The van der Waals surface area contributed by atoms with E-state index in [1.807, 2.05) is 6.07 Å².